The highest BCUT2D eigenvalue weighted by Gasteiger charge is 2.47. The number of aliphatic hydroxyl groups is 1. The maximum absolute atomic E-state index is 13.7. The van der Waals surface area contributed by atoms with Gasteiger partial charge >= 0.3 is 0 Å². The number of anilines is 1. The molecule has 3 aromatic rings. The van der Waals surface area contributed by atoms with Gasteiger partial charge in [-0.1, -0.05) is 6.92 Å². The molecule has 0 saturated carbocycles. The SMILES string of the molecule is CCCOc1ccc(/C(O)=C2\C(=O)C(=O)N(c3ccc(F)cc3)C2c2cc(OC)c(OC)c(OC)c2)cc1C. The van der Waals surface area contributed by atoms with Crippen molar-refractivity contribution in [1.29, 1.82) is 0 Å². The van der Waals surface area contributed by atoms with E-state index < -0.39 is 23.5 Å². The number of Topliss-reactive ketones (excluding diaryl/α,β-unsaturated/α-hetero) is 1. The van der Waals surface area contributed by atoms with Crippen molar-refractivity contribution in [3.63, 3.8) is 0 Å². The maximum Gasteiger partial charge on any atom is 0.300 e. The first-order valence-electron chi connectivity index (χ1n) is 12.4. The summed E-state index contributed by atoms with van der Waals surface area (Å²) in [6.45, 7) is 4.37. The molecule has 1 heterocycles. The zero-order valence-corrected chi connectivity index (χ0v) is 22.4. The number of methoxy groups -OCH3 is 3. The fourth-order valence-corrected chi connectivity index (χ4v) is 4.60. The first-order valence-corrected chi connectivity index (χ1v) is 12.4. The molecule has 0 bridgehead atoms. The summed E-state index contributed by atoms with van der Waals surface area (Å²) in [5, 5.41) is 11.5. The minimum absolute atomic E-state index is 0.139. The number of hydrogen-bond acceptors (Lipinski definition) is 7. The van der Waals surface area contributed by atoms with Gasteiger partial charge < -0.3 is 24.1 Å². The average molecular weight is 536 g/mol. The van der Waals surface area contributed by atoms with Crippen molar-refractivity contribution in [3.8, 4) is 23.0 Å². The minimum Gasteiger partial charge on any atom is -0.507 e. The van der Waals surface area contributed by atoms with E-state index >= 15 is 0 Å². The molecule has 1 aliphatic heterocycles. The first kappa shape index (κ1) is 27.5. The standard InChI is InChI=1S/C30H30FNO7/c1-6-13-39-22-12-7-18(14-17(22)2)27(33)25-26(19-15-23(36-3)29(38-5)24(16-19)37-4)32(30(35)28(25)34)21-10-8-20(31)9-11-21/h7-12,14-16,26,33H,6,13H2,1-5H3/b27-25+. The van der Waals surface area contributed by atoms with Gasteiger partial charge in [-0.15, -0.1) is 0 Å². The van der Waals surface area contributed by atoms with Crippen molar-refractivity contribution in [1.82, 2.24) is 0 Å². The van der Waals surface area contributed by atoms with Crippen molar-refractivity contribution in [2.24, 2.45) is 0 Å². The second-order valence-corrected chi connectivity index (χ2v) is 8.93. The number of halogens is 1. The molecule has 0 aliphatic carbocycles. The van der Waals surface area contributed by atoms with Crippen molar-refractivity contribution < 1.29 is 38.0 Å². The number of benzene rings is 3. The molecule has 3 aromatic carbocycles. The number of aryl methyl sites for hydroxylation is 1. The van der Waals surface area contributed by atoms with Gasteiger partial charge in [0.1, 0.15) is 17.3 Å². The Bertz CT molecular complexity index is 1410. The topological polar surface area (TPSA) is 94.5 Å². The molecule has 39 heavy (non-hydrogen) atoms. The Morgan fingerprint density at radius 1 is 0.923 bits per heavy atom. The first-order chi connectivity index (χ1) is 18.7. The van der Waals surface area contributed by atoms with E-state index in [1.54, 1.807) is 30.3 Å². The highest BCUT2D eigenvalue weighted by molar-refractivity contribution is 6.51. The fourth-order valence-electron chi connectivity index (χ4n) is 4.60. The van der Waals surface area contributed by atoms with Gasteiger partial charge in [0, 0.05) is 11.3 Å². The van der Waals surface area contributed by atoms with Crippen molar-refractivity contribution in [2.75, 3.05) is 32.8 Å². The summed E-state index contributed by atoms with van der Waals surface area (Å²) in [6.07, 6.45) is 0.836. The highest BCUT2D eigenvalue weighted by Crippen LogP contribution is 2.47. The lowest BCUT2D eigenvalue weighted by atomic mass is 9.94. The van der Waals surface area contributed by atoms with Crippen molar-refractivity contribution in [2.45, 2.75) is 26.3 Å². The van der Waals surface area contributed by atoms with Gasteiger partial charge in [0.25, 0.3) is 11.7 Å². The predicted molar refractivity (Wildman–Crippen MR) is 144 cm³/mol. The van der Waals surface area contributed by atoms with E-state index in [2.05, 4.69) is 0 Å². The van der Waals surface area contributed by atoms with Gasteiger partial charge in [-0.25, -0.2) is 4.39 Å². The van der Waals surface area contributed by atoms with Crippen LogP contribution in [0.4, 0.5) is 10.1 Å². The number of ether oxygens (including phenoxy) is 4. The molecular weight excluding hydrogens is 505 g/mol. The minimum atomic E-state index is -1.08. The lowest BCUT2D eigenvalue weighted by molar-refractivity contribution is -0.132. The number of ketones is 1. The zero-order chi connectivity index (χ0) is 28.3. The molecule has 9 heteroatoms. The Labute approximate surface area is 226 Å². The number of carbonyl (C=O) groups excluding carboxylic acids is 2. The Kier molecular flexibility index (Phi) is 8.09. The van der Waals surface area contributed by atoms with Crippen LogP contribution in [0.15, 0.2) is 60.2 Å². The predicted octanol–water partition coefficient (Wildman–Crippen LogP) is 5.58. The Hall–Kier alpha value is -4.53. The molecule has 1 amide bonds. The number of hydrogen-bond donors (Lipinski definition) is 1. The van der Waals surface area contributed by atoms with Crippen LogP contribution in [0.3, 0.4) is 0 Å². The molecule has 4 rings (SSSR count). The van der Waals surface area contributed by atoms with Crippen LogP contribution in [0.25, 0.3) is 5.76 Å². The van der Waals surface area contributed by atoms with Gasteiger partial charge in [-0.05, 0) is 79.1 Å². The van der Waals surface area contributed by atoms with Crippen molar-refractivity contribution in [3.05, 3.63) is 82.7 Å². The molecule has 0 aromatic heterocycles. The van der Waals surface area contributed by atoms with E-state index in [1.807, 2.05) is 13.8 Å². The number of aliphatic hydroxyl groups excluding tert-OH is 1. The van der Waals surface area contributed by atoms with Gasteiger partial charge in [0.2, 0.25) is 5.75 Å². The summed E-state index contributed by atoms with van der Waals surface area (Å²) < 4.78 is 35.9. The summed E-state index contributed by atoms with van der Waals surface area (Å²) in [6, 6.07) is 12.3. The monoisotopic (exact) mass is 535 g/mol. The van der Waals surface area contributed by atoms with Crippen LogP contribution in [0.1, 0.15) is 36.1 Å². The molecular formula is C30H30FNO7. The van der Waals surface area contributed by atoms with Crippen LogP contribution in [-0.4, -0.2) is 44.7 Å². The van der Waals surface area contributed by atoms with Gasteiger partial charge in [-0.3, -0.25) is 14.5 Å². The molecule has 1 fully saturated rings. The van der Waals surface area contributed by atoms with Crippen molar-refractivity contribution >= 4 is 23.1 Å². The summed E-state index contributed by atoms with van der Waals surface area (Å²) in [4.78, 5) is 28.1. The molecule has 1 atom stereocenters. The molecule has 0 radical (unpaired) electrons. The molecule has 1 N–H and O–H groups in total. The second-order valence-electron chi connectivity index (χ2n) is 8.93. The quantitative estimate of drug-likeness (QED) is 0.217. The summed E-state index contributed by atoms with van der Waals surface area (Å²) >= 11 is 0. The van der Waals surface area contributed by atoms with Crippen LogP contribution in [0.5, 0.6) is 23.0 Å². The Morgan fingerprint density at radius 2 is 1.56 bits per heavy atom. The largest absolute Gasteiger partial charge is 0.507 e. The number of carbonyl (C=O) groups is 2. The van der Waals surface area contributed by atoms with Crippen LogP contribution < -0.4 is 23.8 Å². The summed E-state index contributed by atoms with van der Waals surface area (Å²) in [5.41, 5.74) is 1.64. The van der Waals surface area contributed by atoms with E-state index in [0.29, 0.717) is 40.7 Å². The Morgan fingerprint density at radius 3 is 2.10 bits per heavy atom. The lowest BCUT2D eigenvalue weighted by Gasteiger charge is -2.26. The third kappa shape index (κ3) is 5.12. The fraction of sp³-hybridized carbons (Fsp3) is 0.267. The second kappa shape index (κ2) is 11.5. The van der Waals surface area contributed by atoms with Crippen LogP contribution in [-0.2, 0) is 9.59 Å². The Balaban J connectivity index is 1.96. The van der Waals surface area contributed by atoms with Gasteiger partial charge in [0.05, 0.1) is 39.6 Å². The molecule has 8 nitrogen and oxygen atoms in total. The van der Waals surface area contributed by atoms with Gasteiger partial charge in [0.15, 0.2) is 11.5 Å². The van der Waals surface area contributed by atoms with E-state index in [9.17, 15) is 19.1 Å². The molecule has 204 valence electrons. The van der Waals surface area contributed by atoms with E-state index in [4.69, 9.17) is 18.9 Å². The maximum atomic E-state index is 13.7. The van der Waals surface area contributed by atoms with E-state index in [1.165, 1.54) is 50.5 Å². The molecule has 0 spiro atoms. The van der Waals surface area contributed by atoms with Crippen LogP contribution in [0.2, 0.25) is 0 Å². The molecule has 1 unspecified atom stereocenters. The normalized spacial score (nSPS) is 16.4. The lowest BCUT2D eigenvalue weighted by Crippen LogP contribution is -2.29. The van der Waals surface area contributed by atoms with Crippen LogP contribution in [0, 0.1) is 12.7 Å². The zero-order valence-electron chi connectivity index (χ0n) is 22.4. The third-order valence-electron chi connectivity index (χ3n) is 6.46. The molecule has 1 saturated heterocycles. The van der Waals surface area contributed by atoms with Crippen LogP contribution >= 0.6 is 0 Å². The smallest absolute Gasteiger partial charge is 0.300 e. The summed E-state index contributed by atoms with van der Waals surface area (Å²) in [7, 11) is 4.35. The summed E-state index contributed by atoms with van der Waals surface area (Å²) in [5.74, 6) is -1.06. The van der Waals surface area contributed by atoms with E-state index in [0.717, 1.165) is 12.0 Å². The molecule has 1 aliphatic rings. The average Bonchev–Trinajstić information content (AvgIpc) is 3.21. The number of amides is 1. The highest BCUT2D eigenvalue weighted by atomic mass is 19.1. The number of rotatable bonds is 9. The van der Waals surface area contributed by atoms with E-state index in [-0.39, 0.29) is 17.0 Å². The number of nitrogens with zero attached hydrogens (tertiary/aromatic N) is 1. The van der Waals surface area contributed by atoms with Gasteiger partial charge in [-0.2, -0.15) is 0 Å². The third-order valence-corrected chi connectivity index (χ3v) is 6.46.